The Bertz CT molecular complexity index is 595. The van der Waals surface area contributed by atoms with Crippen LogP contribution < -0.4 is 4.74 Å². The summed E-state index contributed by atoms with van der Waals surface area (Å²) in [4.78, 5) is 12.6. The third-order valence-electron chi connectivity index (χ3n) is 5.26. The van der Waals surface area contributed by atoms with Gasteiger partial charge in [-0.2, -0.15) is 0 Å². The number of ketones is 1. The molecule has 0 bridgehead atoms. The Morgan fingerprint density at radius 1 is 1.12 bits per heavy atom. The number of carbonyl (C=O) groups is 1. The van der Waals surface area contributed by atoms with Gasteiger partial charge in [0.05, 0.1) is 13.2 Å². The summed E-state index contributed by atoms with van der Waals surface area (Å²) in [5, 5.41) is 0. The van der Waals surface area contributed by atoms with Crippen molar-refractivity contribution in [3.63, 3.8) is 0 Å². The predicted molar refractivity (Wildman–Crippen MR) is 92.1 cm³/mol. The molecule has 0 atom stereocenters. The Hall–Kier alpha value is -1.65. The number of benzene rings is 1. The van der Waals surface area contributed by atoms with Crippen molar-refractivity contribution in [2.24, 2.45) is 5.41 Å². The molecular formula is C20H26O4. The minimum atomic E-state index is -0.241. The van der Waals surface area contributed by atoms with Crippen LogP contribution in [0.25, 0.3) is 0 Å². The molecule has 4 nitrogen and oxygen atoms in total. The standard InChI is InChI=1S/C20H26O4/c1-22-14-24-18-7-9-20(10-8-18)13-16(12-19(20)21)11-15-3-5-17(23-2)6-4-15/h3-6,13,18H,7-12,14H2,1-2H3. The second-order valence-corrected chi connectivity index (χ2v) is 6.86. The van der Waals surface area contributed by atoms with Crippen LogP contribution >= 0.6 is 0 Å². The quantitative estimate of drug-likeness (QED) is 0.589. The summed E-state index contributed by atoms with van der Waals surface area (Å²) in [5.41, 5.74) is 2.24. The lowest BCUT2D eigenvalue weighted by molar-refractivity contribution is -0.129. The van der Waals surface area contributed by atoms with Gasteiger partial charge in [-0.25, -0.2) is 0 Å². The molecule has 0 saturated heterocycles. The van der Waals surface area contributed by atoms with Gasteiger partial charge < -0.3 is 14.2 Å². The van der Waals surface area contributed by atoms with E-state index in [-0.39, 0.29) is 11.5 Å². The highest BCUT2D eigenvalue weighted by molar-refractivity contribution is 5.92. The first-order chi connectivity index (χ1) is 11.6. The summed E-state index contributed by atoms with van der Waals surface area (Å²) in [6.45, 7) is 0.337. The van der Waals surface area contributed by atoms with Crippen molar-refractivity contribution in [1.82, 2.24) is 0 Å². The molecule has 2 aliphatic carbocycles. The molecule has 0 aliphatic heterocycles. The van der Waals surface area contributed by atoms with E-state index in [0.29, 0.717) is 19.0 Å². The Labute approximate surface area is 143 Å². The van der Waals surface area contributed by atoms with E-state index in [1.54, 1.807) is 14.2 Å². The van der Waals surface area contributed by atoms with Gasteiger partial charge in [0.1, 0.15) is 18.3 Å². The van der Waals surface area contributed by atoms with E-state index in [9.17, 15) is 4.79 Å². The van der Waals surface area contributed by atoms with Crippen molar-refractivity contribution in [3.8, 4) is 5.75 Å². The SMILES string of the molecule is COCOC1CCC2(C=C(Cc3ccc(OC)cc3)CC2=O)CC1. The van der Waals surface area contributed by atoms with Crippen molar-refractivity contribution in [2.45, 2.75) is 44.6 Å². The maximum Gasteiger partial charge on any atom is 0.146 e. The zero-order valence-electron chi connectivity index (χ0n) is 14.5. The molecule has 0 unspecified atom stereocenters. The molecule has 2 aliphatic rings. The highest BCUT2D eigenvalue weighted by atomic mass is 16.7. The van der Waals surface area contributed by atoms with Gasteiger partial charge in [-0.1, -0.05) is 23.8 Å². The smallest absolute Gasteiger partial charge is 0.146 e. The first-order valence-electron chi connectivity index (χ1n) is 8.62. The lowest BCUT2D eigenvalue weighted by Crippen LogP contribution is -2.33. The summed E-state index contributed by atoms with van der Waals surface area (Å²) >= 11 is 0. The average molecular weight is 330 g/mol. The fourth-order valence-electron chi connectivity index (χ4n) is 3.88. The molecule has 0 aromatic heterocycles. The highest BCUT2D eigenvalue weighted by Gasteiger charge is 2.43. The van der Waals surface area contributed by atoms with Crippen molar-refractivity contribution in [3.05, 3.63) is 41.5 Å². The summed E-state index contributed by atoms with van der Waals surface area (Å²) < 4.78 is 15.8. The maximum atomic E-state index is 12.6. The number of hydrogen-bond donors (Lipinski definition) is 0. The molecule has 130 valence electrons. The Morgan fingerprint density at radius 2 is 1.83 bits per heavy atom. The third-order valence-corrected chi connectivity index (χ3v) is 5.26. The van der Waals surface area contributed by atoms with Gasteiger partial charge in [-0.05, 0) is 49.8 Å². The van der Waals surface area contributed by atoms with Crippen LogP contribution in [0.1, 0.15) is 37.7 Å². The Balaban J connectivity index is 1.62. The largest absolute Gasteiger partial charge is 0.497 e. The molecule has 4 heteroatoms. The van der Waals surface area contributed by atoms with Crippen molar-refractivity contribution >= 4 is 5.78 Å². The molecule has 1 fully saturated rings. The minimum absolute atomic E-state index is 0.224. The molecule has 1 spiro atoms. The fourth-order valence-corrected chi connectivity index (χ4v) is 3.88. The second-order valence-electron chi connectivity index (χ2n) is 6.86. The van der Waals surface area contributed by atoms with E-state index in [1.807, 2.05) is 12.1 Å². The maximum absolute atomic E-state index is 12.6. The molecule has 0 heterocycles. The zero-order chi connectivity index (χ0) is 17.0. The molecule has 1 aromatic rings. The number of ether oxygens (including phenoxy) is 3. The van der Waals surface area contributed by atoms with E-state index in [4.69, 9.17) is 14.2 Å². The van der Waals surface area contributed by atoms with Gasteiger partial charge in [-0.15, -0.1) is 0 Å². The van der Waals surface area contributed by atoms with Gasteiger partial charge in [0.15, 0.2) is 0 Å². The first-order valence-corrected chi connectivity index (χ1v) is 8.62. The predicted octanol–water partition coefficient (Wildman–Crippen LogP) is 3.69. The van der Waals surface area contributed by atoms with Crippen LogP contribution in [-0.2, 0) is 20.7 Å². The van der Waals surface area contributed by atoms with E-state index < -0.39 is 0 Å². The van der Waals surface area contributed by atoms with Crippen molar-refractivity contribution in [1.29, 1.82) is 0 Å². The second kappa shape index (κ2) is 7.49. The number of rotatable bonds is 6. The van der Waals surface area contributed by atoms with Crippen LogP contribution in [0.4, 0.5) is 0 Å². The Morgan fingerprint density at radius 3 is 2.46 bits per heavy atom. The van der Waals surface area contributed by atoms with Crippen LogP contribution in [-0.4, -0.2) is 32.9 Å². The molecule has 0 radical (unpaired) electrons. The van der Waals surface area contributed by atoms with Gasteiger partial charge in [-0.3, -0.25) is 4.79 Å². The third kappa shape index (κ3) is 3.70. The van der Waals surface area contributed by atoms with Gasteiger partial charge in [0.2, 0.25) is 0 Å². The molecule has 0 N–H and O–H groups in total. The molecule has 1 aromatic carbocycles. The first kappa shape index (κ1) is 17.2. The highest BCUT2D eigenvalue weighted by Crippen LogP contribution is 2.46. The fraction of sp³-hybridized carbons (Fsp3) is 0.550. The van der Waals surface area contributed by atoms with Gasteiger partial charge >= 0.3 is 0 Å². The van der Waals surface area contributed by atoms with Crippen LogP contribution in [0.15, 0.2) is 35.9 Å². The van der Waals surface area contributed by atoms with Gasteiger partial charge in [0, 0.05) is 18.9 Å². The molecule has 3 rings (SSSR count). The number of allylic oxidation sites excluding steroid dienone is 2. The topological polar surface area (TPSA) is 44.8 Å². The minimum Gasteiger partial charge on any atom is -0.497 e. The van der Waals surface area contributed by atoms with Crippen LogP contribution in [0.5, 0.6) is 5.75 Å². The number of carbonyl (C=O) groups excluding carboxylic acids is 1. The summed E-state index contributed by atoms with van der Waals surface area (Å²) in [6, 6.07) is 8.09. The van der Waals surface area contributed by atoms with E-state index in [2.05, 4.69) is 18.2 Å². The van der Waals surface area contributed by atoms with E-state index >= 15 is 0 Å². The molecular weight excluding hydrogens is 304 g/mol. The van der Waals surface area contributed by atoms with Crippen LogP contribution in [0, 0.1) is 5.41 Å². The van der Waals surface area contributed by atoms with Crippen molar-refractivity contribution in [2.75, 3.05) is 21.0 Å². The normalized spacial score (nSPS) is 26.7. The summed E-state index contributed by atoms with van der Waals surface area (Å²) in [6.07, 6.45) is 7.58. The Kier molecular flexibility index (Phi) is 5.36. The monoisotopic (exact) mass is 330 g/mol. The van der Waals surface area contributed by atoms with Crippen molar-refractivity contribution < 1.29 is 19.0 Å². The zero-order valence-corrected chi connectivity index (χ0v) is 14.5. The lowest BCUT2D eigenvalue weighted by atomic mass is 9.72. The molecule has 1 saturated carbocycles. The van der Waals surface area contributed by atoms with Crippen LogP contribution in [0.3, 0.4) is 0 Å². The number of methoxy groups -OCH3 is 2. The number of Topliss-reactive ketones (excluding diaryl/α,β-unsaturated/α-hetero) is 1. The average Bonchev–Trinajstić information content (AvgIpc) is 2.90. The van der Waals surface area contributed by atoms with Crippen LogP contribution in [0.2, 0.25) is 0 Å². The van der Waals surface area contributed by atoms with Gasteiger partial charge in [0.25, 0.3) is 0 Å². The molecule has 0 amide bonds. The van der Waals surface area contributed by atoms with E-state index in [1.165, 1.54) is 11.1 Å². The molecule has 24 heavy (non-hydrogen) atoms. The summed E-state index contributed by atoms with van der Waals surface area (Å²) in [5.74, 6) is 1.25. The van der Waals surface area contributed by atoms with E-state index in [0.717, 1.165) is 37.9 Å². The number of hydrogen-bond acceptors (Lipinski definition) is 4. The summed E-state index contributed by atoms with van der Waals surface area (Å²) in [7, 11) is 3.31. The lowest BCUT2D eigenvalue weighted by Gasteiger charge is -2.34.